The second kappa shape index (κ2) is 6.91. The van der Waals surface area contributed by atoms with Gasteiger partial charge in [-0.15, -0.1) is 0 Å². The van der Waals surface area contributed by atoms with E-state index >= 15 is 0 Å². The molecular weight excluding hydrogens is 284 g/mol. The fraction of sp³-hybridized carbons (Fsp3) is 0.588. The summed E-state index contributed by atoms with van der Waals surface area (Å²) >= 11 is 5.94. The molecule has 1 saturated heterocycles. The van der Waals surface area contributed by atoms with Crippen molar-refractivity contribution in [1.29, 1.82) is 0 Å². The van der Waals surface area contributed by atoms with E-state index in [0.29, 0.717) is 5.92 Å². The minimum atomic E-state index is -0.397. The van der Waals surface area contributed by atoms with Crippen molar-refractivity contribution < 1.29 is 4.79 Å². The summed E-state index contributed by atoms with van der Waals surface area (Å²) in [6.07, 6.45) is 3.16. The van der Waals surface area contributed by atoms with Crippen LogP contribution in [0.5, 0.6) is 0 Å². The smallest absolute Gasteiger partial charge is 0.137 e. The molecule has 0 aromatic heterocycles. The highest BCUT2D eigenvalue weighted by Crippen LogP contribution is 2.30. The molecule has 1 aromatic carbocycles. The molecule has 0 amide bonds. The molecule has 0 saturated carbocycles. The van der Waals surface area contributed by atoms with E-state index in [4.69, 9.17) is 17.3 Å². The van der Waals surface area contributed by atoms with Crippen LogP contribution in [0, 0.1) is 5.41 Å². The standard InChI is InChI=1S/C17H25ClN2O/c1-17(2,16(19)11-21)12-20-9-7-14(8-10-20)13-3-5-15(18)6-4-13/h3-6,11,14,16H,7-10,12,19H2,1-2H3. The Kier molecular flexibility index (Phi) is 5.42. The Morgan fingerprint density at radius 3 is 2.43 bits per heavy atom. The minimum absolute atomic E-state index is 0.172. The molecule has 0 bridgehead atoms. The number of carbonyl (C=O) groups excluding carboxylic acids is 1. The molecule has 0 aliphatic carbocycles. The molecule has 4 heteroatoms. The average molecular weight is 309 g/mol. The molecule has 1 fully saturated rings. The molecule has 0 spiro atoms. The van der Waals surface area contributed by atoms with E-state index in [2.05, 4.69) is 30.9 Å². The predicted molar refractivity (Wildman–Crippen MR) is 87.7 cm³/mol. The van der Waals surface area contributed by atoms with Crippen molar-refractivity contribution in [1.82, 2.24) is 4.90 Å². The van der Waals surface area contributed by atoms with Crippen LogP contribution in [0.1, 0.15) is 38.2 Å². The molecule has 1 aromatic rings. The number of likely N-dealkylation sites (tertiary alicyclic amines) is 1. The third kappa shape index (κ3) is 4.29. The summed E-state index contributed by atoms with van der Waals surface area (Å²) in [7, 11) is 0. The quantitative estimate of drug-likeness (QED) is 0.850. The van der Waals surface area contributed by atoms with Crippen LogP contribution in [0.3, 0.4) is 0 Å². The summed E-state index contributed by atoms with van der Waals surface area (Å²) in [5, 5.41) is 0.792. The molecule has 1 unspecified atom stereocenters. The van der Waals surface area contributed by atoms with Gasteiger partial charge in [-0.05, 0) is 55.0 Å². The van der Waals surface area contributed by atoms with E-state index in [1.807, 2.05) is 12.1 Å². The van der Waals surface area contributed by atoms with Gasteiger partial charge in [-0.2, -0.15) is 0 Å². The maximum Gasteiger partial charge on any atom is 0.137 e. The van der Waals surface area contributed by atoms with Crippen LogP contribution >= 0.6 is 11.6 Å². The van der Waals surface area contributed by atoms with Crippen LogP contribution < -0.4 is 5.73 Å². The van der Waals surface area contributed by atoms with Gasteiger partial charge in [0.2, 0.25) is 0 Å². The summed E-state index contributed by atoms with van der Waals surface area (Å²) < 4.78 is 0. The van der Waals surface area contributed by atoms with Crippen LogP contribution in [-0.2, 0) is 4.79 Å². The van der Waals surface area contributed by atoms with Crippen LogP contribution in [0.4, 0.5) is 0 Å². The number of rotatable bonds is 5. The highest BCUT2D eigenvalue weighted by atomic mass is 35.5. The number of nitrogens with two attached hydrogens (primary N) is 1. The lowest BCUT2D eigenvalue weighted by Gasteiger charge is -2.38. The largest absolute Gasteiger partial charge is 0.321 e. The van der Waals surface area contributed by atoms with Crippen LogP contribution in [0.25, 0.3) is 0 Å². The van der Waals surface area contributed by atoms with Gasteiger partial charge in [0, 0.05) is 11.6 Å². The lowest BCUT2D eigenvalue weighted by molar-refractivity contribution is -0.111. The summed E-state index contributed by atoms with van der Waals surface area (Å²) in [6, 6.07) is 7.81. The second-order valence-electron chi connectivity index (χ2n) is 6.75. The van der Waals surface area contributed by atoms with Crippen molar-refractivity contribution in [3.05, 3.63) is 34.9 Å². The number of piperidine rings is 1. The zero-order valence-electron chi connectivity index (χ0n) is 12.9. The van der Waals surface area contributed by atoms with Crippen molar-refractivity contribution in [3.63, 3.8) is 0 Å². The summed E-state index contributed by atoms with van der Waals surface area (Å²) in [6.45, 7) is 7.12. The third-order valence-electron chi connectivity index (χ3n) is 4.61. The van der Waals surface area contributed by atoms with E-state index in [9.17, 15) is 4.79 Å². The van der Waals surface area contributed by atoms with E-state index < -0.39 is 6.04 Å². The average Bonchev–Trinajstić information content (AvgIpc) is 2.47. The number of nitrogens with zero attached hydrogens (tertiary/aromatic N) is 1. The van der Waals surface area contributed by atoms with Gasteiger partial charge in [0.1, 0.15) is 6.29 Å². The van der Waals surface area contributed by atoms with Gasteiger partial charge in [0.15, 0.2) is 0 Å². The van der Waals surface area contributed by atoms with Crippen molar-refractivity contribution in [2.75, 3.05) is 19.6 Å². The number of hydrogen-bond acceptors (Lipinski definition) is 3. The van der Waals surface area contributed by atoms with Crippen molar-refractivity contribution >= 4 is 17.9 Å². The molecule has 1 aliphatic rings. The summed E-state index contributed by atoms with van der Waals surface area (Å²) in [5.41, 5.74) is 7.10. The lowest BCUT2D eigenvalue weighted by atomic mass is 9.83. The molecule has 1 aliphatic heterocycles. The number of aldehydes is 1. The minimum Gasteiger partial charge on any atom is -0.321 e. The molecule has 116 valence electrons. The maximum atomic E-state index is 10.9. The van der Waals surface area contributed by atoms with Crippen LogP contribution in [0.2, 0.25) is 5.02 Å². The van der Waals surface area contributed by atoms with Crippen LogP contribution in [-0.4, -0.2) is 36.9 Å². The van der Waals surface area contributed by atoms with Gasteiger partial charge in [0.05, 0.1) is 6.04 Å². The van der Waals surface area contributed by atoms with Gasteiger partial charge < -0.3 is 15.4 Å². The molecule has 3 nitrogen and oxygen atoms in total. The predicted octanol–water partition coefficient (Wildman–Crippen LogP) is 3.07. The Morgan fingerprint density at radius 2 is 1.90 bits per heavy atom. The van der Waals surface area contributed by atoms with Gasteiger partial charge in [-0.25, -0.2) is 0 Å². The molecule has 2 rings (SSSR count). The summed E-state index contributed by atoms with van der Waals surface area (Å²) in [4.78, 5) is 13.3. The molecule has 1 atom stereocenters. The van der Waals surface area contributed by atoms with E-state index in [1.54, 1.807) is 0 Å². The molecular formula is C17H25ClN2O. The highest BCUT2D eigenvalue weighted by molar-refractivity contribution is 6.30. The molecule has 1 heterocycles. The van der Waals surface area contributed by atoms with Gasteiger partial charge in [-0.1, -0.05) is 37.6 Å². The molecule has 2 N–H and O–H groups in total. The monoisotopic (exact) mass is 308 g/mol. The first kappa shape index (κ1) is 16.5. The van der Waals surface area contributed by atoms with Crippen molar-refractivity contribution in [2.45, 2.75) is 38.6 Å². The fourth-order valence-electron chi connectivity index (χ4n) is 3.03. The fourth-order valence-corrected chi connectivity index (χ4v) is 3.15. The lowest BCUT2D eigenvalue weighted by Crippen LogP contribution is -2.48. The van der Waals surface area contributed by atoms with Crippen molar-refractivity contribution in [2.24, 2.45) is 11.1 Å². The third-order valence-corrected chi connectivity index (χ3v) is 4.86. The van der Waals surface area contributed by atoms with E-state index in [0.717, 1.165) is 43.8 Å². The zero-order chi connectivity index (χ0) is 15.5. The molecule has 0 radical (unpaired) electrons. The Labute approximate surface area is 132 Å². The highest BCUT2D eigenvalue weighted by Gasteiger charge is 2.30. The van der Waals surface area contributed by atoms with E-state index in [1.165, 1.54) is 5.56 Å². The normalized spacial score (nSPS) is 19.4. The van der Waals surface area contributed by atoms with E-state index in [-0.39, 0.29) is 5.41 Å². The van der Waals surface area contributed by atoms with Gasteiger partial charge >= 0.3 is 0 Å². The van der Waals surface area contributed by atoms with Crippen molar-refractivity contribution in [3.8, 4) is 0 Å². The summed E-state index contributed by atoms with van der Waals surface area (Å²) in [5.74, 6) is 0.612. The van der Waals surface area contributed by atoms with Gasteiger partial charge in [0.25, 0.3) is 0 Å². The Balaban J connectivity index is 1.88. The SMILES string of the molecule is CC(C)(CN1CCC(c2ccc(Cl)cc2)CC1)C(N)C=O. The first-order chi connectivity index (χ1) is 9.92. The Bertz CT molecular complexity index is 464. The second-order valence-corrected chi connectivity index (χ2v) is 7.19. The van der Waals surface area contributed by atoms with Crippen LogP contribution in [0.15, 0.2) is 24.3 Å². The Hall–Kier alpha value is -0.900. The zero-order valence-corrected chi connectivity index (χ0v) is 13.6. The maximum absolute atomic E-state index is 10.9. The number of carbonyl (C=O) groups is 1. The number of benzene rings is 1. The molecule has 21 heavy (non-hydrogen) atoms. The number of hydrogen-bond donors (Lipinski definition) is 1. The number of halogens is 1. The van der Waals surface area contributed by atoms with Gasteiger partial charge in [-0.3, -0.25) is 0 Å². The topological polar surface area (TPSA) is 46.3 Å². The first-order valence-corrected chi connectivity index (χ1v) is 7.99. The first-order valence-electron chi connectivity index (χ1n) is 7.61. The Morgan fingerprint density at radius 1 is 1.33 bits per heavy atom.